The first-order valence-electron chi connectivity index (χ1n) is 9.82. The first-order valence-corrected chi connectivity index (χ1v) is 10.6. The van der Waals surface area contributed by atoms with E-state index in [2.05, 4.69) is 11.8 Å². The van der Waals surface area contributed by atoms with Crippen LogP contribution in [0.4, 0.5) is 10.1 Å². The van der Waals surface area contributed by atoms with Crippen LogP contribution in [0, 0.1) is 12.7 Å². The Morgan fingerprint density at radius 1 is 1.20 bits per heavy atom. The molecular weight excluding hydrogens is 428 g/mol. The molecule has 0 unspecified atom stereocenters. The highest BCUT2D eigenvalue weighted by Crippen LogP contribution is 2.38. The Morgan fingerprint density at radius 3 is 2.53 bits per heavy atom. The van der Waals surface area contributed by atoms with Crippen molar-refractivity contribution in [2.75, 3.05) is 25.4 Å². The Labute approximate surface area is 186 Å². The largest absolute Gasteiger partial charge is 0.480 e. The molecule has 1 fully saturated rings. The van der Waals surface area contributed by atoms with Crippen molar-refractivity contribution < 1.29 is 13.9 Å². The molecule has 1 saturated heterocycles. The molecule has 0 aliphatic carbocycles. The maximum absolute atomic E-state index is 13.1. The van der Waals surface area contributed by atoms with E-state index in [-0.39, 0.29) is 36.2 Å². The highest BCUT2D eigenvalue weighted by atomic mass is 35.5. The molecule has 1 aliphatic rings. The van der Waals surface area contributed by atoms with Crippen LogP contribution in [0.2, 0.25) is 10.0 Å². The van der Waals surface area contributed by atoms with Crippen LogP contribution in [-0.2, 0) is 11.3 Å². The predicted octanol–water partition coefficient (Wildman–Crippen LogP) is 4.52. The average molecular weight is 454 g/mol. The Balaban J connectivity index is 1.61. The number of halogens is 3. The lowest BCUT2D eigenvalue weighted by Crippen LogP contribution is -2.58. The Hall–Kier alpha value is -2.02. The first kappa shape index (κ1) is 22.7. The fraction of sp³-hybridized carbons (Fsp3) is 0.409. The maximum atomic E-state index is 13.1. The fourth-order valence-electron chi connectivity index (χ4n) is 3.67. The molecule has 1 aliphatic heterocycles. The number of amides is 1. The molecule has 5 nitrogen and oxygen atoms in total. The van der Waals surface area contributed by atoms with Crippen molar-refractivity contribution >= 4 is 34.8 Å². The zero-order chi connectivity index (χ0) is 22.0. The number of ether oxygens (including phenoxy) is 1. The van der Waals surface area contributed by atoms with Crippen molar-refractivity contribution in [3.63, 3.8) is 0 Å². The van der Waals surface area contributed by atoms with Gasteiger partial charge in [0.05, 0.1) is 10.7 Å². The molecule has 3 rings (SSSR count). The standard InChI is InChI=1S/C22H26Cl2FN3O2/c1-13-10-28(14(2)9-27(13)11-16-4-6-17(25)7-5-16)20(29)12-30-22-19(26)8-18(23)15(3)21(22)24/h4-8,13-14H,9-12,26H2,1-3H3/t13-,14+/m1/s1. The van der Waals surface area contributed by atoms with Gasteiger partial charge in [0.25, 0.3) is 5.91 Å². The number of benzene rings is 2. The summed E-state index contributed by atoms with van der Waals surface area (Å²) in [5.74, 6) is -0.0892. The van der Waals surface area contributed by atoms with Crippen LogP contribution in [0.25, 0.3) is 0 Å². The summed E-state index contributed by atoms with van der Waals surface area (Å²) in [5, 5.41) is 0.772. The molecule has 0 saturated carbocycles. The number of nitrogens with zero attached hydrogens (tertiary/aromatic N) is 2. The van der Waals surface area contributed by atoms with Gasteiger partial charge in [0.15, 0.2) is 12.4 Å². The lowest BCUT2D eigenvalue weighted by molar-refractivity contribution is -0.139. The summed E-state index contributed by atoms with van der Waals surface area (Å²) in [6.07, 6.45) is 0. The van der Waals surface area contributed by atoms with Gasteiger partial charge in [0.2, 0.25) is 0 Å². The van der Waals surface area contributed by atoms with E-state index in [0.717, 1.165) is 5.56 Å². The number of hydrogen-bond donors (Lipinski definition) is 1. The lowest BCUT2D eigenvalue weighted by Gasteiger charge is -2.44. The third-order valence-corrected chi connectivity index (χ3v) is 6.35. The zero-order valence-corrected chi connectivity index (χ0v) is 18.8. The first-order chi connectivity index (χ1) is 14.2. The van der Waals surface area contributed by atoms with Gasteiger partial charge in [-0.2, -0.15) is 0 Å². The number of piperazine rings is 1. The van der Waals surface area contributed by atoms with Crippen LogP contribution < -0.4 is 10.5 Å². The van der Waals surface area contributed by atoms with E-state index in [0.29, 0.717) is 40.9 Å². The van der Waals surface area contributed by atoms with Gasteiger partial charge < -0.3 is 15.4 Å². The number of carbonyl (C=O) groups is 1. The van der Waals surface area contributed by atoms with Crippen molar-refractivity contribution in [1.29, 1.82) is 0 Å². The fourth-order valence-corrected chi connectivity index (χ4v) is 4.19. The van der Waals surface area contributed by atoms with Gasteiger partial charge in [-0.3, -0.25) is 9.69 Å². The van der Waals surface area contributed by atoms with Crippen LogP contribution in [0.5, 0.6) is 5.75 Å². The van der Waals surface area contributed by atoms with Gasteiger partial charge in [-0.15, -0.1) is 0 Å². The normalized spacial score (nSPS) is 19.7. The minimum Gasteiger partial charge on any atom is -0.480 e. The number of carbonyl (C=O) groups excluding carboxylic acids is 1. The summed E-state index contributed by atoms with van der Waals surface area (Å²) in [4.78, 5) is 16.9. The molecule has 30 heavy (non-hydrogen) atoms. The second-order valence-corrected chi connectivity index (χ2v) is 8.59. The number of nitrogen functional groups attached to an aromatic ring is 1. The summed E-state index contributed by atoms with van der Waals surface area (Å²) < 4.78 is 18.8. The molecule has 1 amide bonds. The molecule has 2 atom stereocenters. The molecule has 2 aromatic rings. The Kier molecular flexibility index (Phi) is 7.11. The minimum absolute atomic E-state index is 0.0116. The molecular formula is C22H26Cl2FN3O2. The molecule has 0 radical (unpaired) electrons. The Morgan fingerprint density at radius 2 is 1.87 bits per heavy atom. The quantitative estimate of drug-likeness (QED) is 0.675. The van der Waals surface area contributed by atoms with E-state index in [1.807, 2.05) is 11.8 Å². The smallest absolute Gasteiger partial charge is 0.260 e. The van der Waals surface area contributed by atoms with E-state index < -0.39 is 0 Å². The van der Waals surface area contributed by atoms with E-state index in [9.17, 15) is 9.18 Å². The van der Waals surface area contributed by atoms with E-state index >= 15 is 0 Å². The molecule has 8 heteroatoms. The van der Waals surface area contributed by atoms with Crippen molar-refractivity contribution in [1.82, 2.24) is 9.80 Å². The van der Waals surface area contributed by atoms with Crippen molar-refractivity contribution in [2.24, 2.45) is 0 Å². The monoisotopic (exact) mass is 453 g/mol. The average Bonchev–Trinajstić information content (AvgIpc) is 2.70. The van der Waals surface area contributed by atoms with Gasteiger partial charge in [-0.05, 0) is 50.1 Å². The molecule has 2 aromatic carbocycles. The lowest BCUT2D eigenvalue weighted by atomic mass is 10.1. The zero-order valence-electron chi connectivity index (χ0n) is 17.3. The third-order valence-electron chi connectivity index (χ3n) is 5.51. The van der Waals surface area contributed by atoms with Crippen LogP contribution in [0.1, 0.15) is 25.0 Å². The highest BCUT2D eigenvalue weighted by molar-refractivity contribution is 6.37. The molecule has 0 spiro atoms. The predicted molar refractivity (Wildman–Crippen MR) is 119 cm³/mol. The summed E-state index contributed by atoms with van der Waals surface area (Å²) in [7, 11) is 0. The molecule has 0 aromatic heterocycles. The summed E-state index contributed by atoms with van der Waals surface area (Å²) in [5.41, 5.74) is 7.96. The maximum Gasteiger partial charge on any atom is 0.260 e. The topological polar surface area (TPSA) is 58.8 Å². The summed E-state index contributed by atoms with van der Waals surface area (Å²) >= 11 is 12.4. The highest BCUT2D eigenvalue weighted by Gasteiger charge is 2.32. The number of rotatable bonds is 5. The molecule has 2 N–H and O–H groups in total. The summed E-state index contributed by atoms with van der Waals surface area (Å²) in [6, 6.07) is 8.26. The third kappa shape index (κ3) is 4.99. The molecule has 0 bridgehead atoms. The van der Waals surface area contributed by atoms with Gasteiger partial charge in [-0.1, -0.05) is 35.3 Å². The van der Waals surface area contributed by atoms with Crippen LogP contribution in [0.3, 0.4) is 0 Å². The van der Waals surface area contributed by atoms with E-state index in [1.54, 1.807) is 25.1 Å². The second kappa shape index (κ2) is 9.41. The number of anilines is 1. The van der Waals surface area contributed by atoms with Crippen LogP contribution in [0.15, 0.2) is 30.3 Å². The van der Waals surface area contributed by atoms with Gasteiger partial charge in [-0.25, -0.2) is 4.39 Å². The number of hydrogen-bond acceptors (Lipinski definition) is 4. The van der Waals surface area contributed by atoms with E-state index in [1.165, 1.54) is 12.1 Å². The van der Waals surface area contributed by atoms with Gasteiger partial charge in [0.1, 0.15) is 5.82 Å². The second-order valence-electron chi connectivity index (χ2n) is 7.80. The summed E-state index contributed by atoms with van der Waals surface area (Å²) in [6.45, 7) is 7.70. The minimum atomic E-state index is -0.243. The van der Waals surface area contributed by atoms with Crippen molar-refractivity contribution in [2.45, 2.75) is 39.4 Å². The Bertz CT molecular complexity index is 924. The van der Waals surface area contributed by atoms with Crippen LogP contribution in [-0.4, -0.2) is 47.5 Å². The van der Waals surface area contributed by atoms with Gasteiger partial charge >= 0.3 is 0 Å². The SMILES string of the molecule is Cc1c(Cl)cc(N)c(OCC(=O)N2C[C@@H](C)N(Cc3ccc(F)cc3)C[C@@H]2C)c1Cl. The van der Waals surface area contributed by atoms with Crippen LogP contribution >= 0.6 is 23.2 Å². The van der Waals surface area contributed by atoms with Gasteiger partial charge in [0, 0.05) is 36.7 Å². The van der Waals surface area contributed by atoms with E-state index in [4.69, 9.17) is 33.7 Å². The molecule has 1 heterocycles. The number of nitrogens with two attached hydrogens (primary N) is 1. The molecule has 162 valence electrons. The van der Waals surface area contributed by atoms with Crippen molar-refractivity contribution in [3.8, 4) is 5.75 Å². The van der Waals surface area contributed by atoms with Crippen molar-refractivity contribution in [3.05, 3.63) is 57.3 Å².